The summed E-state index contributed by atoms with van der Waals surface area (Å²) in [5.74, 6) is -2.55. The zero-order valence-corrected chi connectivity index (χ0v) is 19.9. The number of aryl methyl sites for hydroxylation is 2. The molecule has 4 aromatic carbocycles. The minimum absolute atomic E-state index is 0.123. The van der Waals surface area contributed by atoms with Gasteiger partial charge in [-0.15, -0.1) is 0 Å². The Bertz CT molecular complexity index is 1580. The van der Waals surface area contributed by atoms with Gasteiger partial charge in [-0.3, -0.25) is 9.59 Å². The minimum atomic E-state index is -1.18. The van der Waals surface area contributed by atoms with Crippen molar-refractivity contribution in [2.75, 3.05) is 0 Å². The number of rotatable bonds is 6. The lowest BCUT2D eigenvalue weighted by Crippen LogP contribution is -2.24. The van der Waals surface area contributed by atoms with Crippen LogP contribution in [0.3, 0.4) is 0 Å². The number of esters is 1. The van der Waals surface area contributed by atoms with E-state index in [-0.39, 0.29) is 17.8 Å². The molecule has 0 aromatic heterocycles. The van der Waals surface area contributed by atoms with Gasteiger partial charge in [0.2, 0.25) is 11.6 Å². The number of hydrogen-bond acceptors (Lipinski definition) is 5. The molecule has 0 fully saturated rings. The number of ketones is 2. The van der Waals surface area contributed by atoms with Crippen molar-refractivity contribution in [2.24, 2.45) is 0 Å². The molecule has 4 aromatic rings. The van der Waals surface area contributed by atoms with E-state index in [1.165, 1.54) is 0 Å². The molecule has 5 heteroatoms. The second kappa shape index (κ2) is 9.27. The summed E-state index contributed by atoms with van der Waals surface area (Å²) in [7, 11) is 0. The van der Waals surface area contributed by atoms with Gasteiger partial charge in [0.25, 0.3) is 0 Å². The summed E-state index contributed by atoms with van der Waals surface area (Å²) in [6.45, 7) is 3.84. The predicted octanol–water partition coefficient (Wildman–Crippen LogP) is 6.02. The third kappa shape index (κ3) is 4.20. The van der Waals surface area contributed by atoms with E-state index in [2.05, 4.69) is 0 Å². The van der Waals surface area contributed by atoms with Crippen molar-refractivity contribution in [3.05, 3.63) is 124 Å². The van der Waals surface area contributed by atoms with Crippen LogP contribution in [-0.4, -0.2) is 22.6 Å². The van der Waals surface area contributed by atoms with E-state index < -0.39 is 23.6 Å². The number of ether oxygens (including phenoxy) is 1. The van der Waals surface area contributed by atoms with E-state index in [1.807, 2.05) is 62.4 Å². The molecule has 0 saturated heterocycles. The number of carbonyl (C=O) groups excluding carboxylic acids is 3. The van der Waals surface area contributed by atoms with Crippen molar-refractivity contribution < 1.29 is 24.2 Å². The molecule has 1 N–H and O–H groups in total. The number of aliphatic hydroxyl groups excluding tert-OH is 1. The van der Waals surface area contributed by atoms with Gasteiger partial charge in [-0.2, -0.15) is 0 Å². The van der Waals surface area contributed by atoms with Crippen LogP contribution in [0.25, 0.3) is 16.5 Å². The van der Waals surface area contributed by atoms with Crippen molar-refractivity contribution in [3.63, 3.8) is 0 Å². The average Bonchev–Trinajstić information content (AvgIpc) is 3.21. The van der Waals surface area contributed by atoms with Crippen LogP contribution >= 0.6 is 0 Å². The maximum Gasteiger partial charge on any atom is 0.339 e. The van der Waals surface area contributed by atoms with Crippen LogP contribution in [0.15, 0.2) is 90.5 Å². The highest BCUT2D eigenvalue weighted by atomic mass is 16.5. The van der Waals surface area contributed by atoms with Crippen LogP contribution in [-0.2, 0) is 20.7 Å². The van der Waals surface area contributed by atoms with Crippen LogP contribution < -0.4 is 0 Å². The quantitative estimate of drug-likeness (QED) is 0.159. The van der Waals surface area contributed by atoms with E-state index in [0.29, 0.717) is 16.7 Å². The number of hydrogen-bond donors (Lipinski definition) is 1. The Kier molecular flexibility index (Phi) is 5.98. The van der Waals surface area contributed by atoms with Gasteiger partial charge in [-0.25, -0.2) is 4.79 Å². The summed E-state index contributed by atoms with van der Waals surface area (Å²) in [5, 5.41) is 13.2. The van der Waals surface area contributed by atoms with Crippen molar-refractivity contribution >= 4 is 34.1 Å². The van der Waals surface area contributed by atoms with Crippen LogP contribution in [0.1, 0.15) is 44.3 Å². The maximum absolute atomic E-state index is 13.6. The molecule has 5 rings (SSSR count). The molecule has 1 atom stereocenters. The van der Waals surface area contributed by atoms with Gasteiger partial charge in [0.05, 0.1) is 11.1 Å². The lowest BCUT2D eigenvalue weighted by Gasteiger charge is -2.17. The largest absolute Gasteiger partial charge is 0.507 e. The SMILES string of the molecule is Cc1ccc(CC(=O)C(=O)C(=C(O)c2ccc3ccccc3c2)[C@H]2OC(=O)c3ccccc32)c(C)c1. The topological polar surface area (TPSA) is 80.7 Å². The number of cyclic esters (lactones) is 1. The molecular weight excluding hydrogens is 452 g/mol. The van der Waals surface area contributed by atoms with Gasteiger partial charge in [0, 0.05) is 17.5 Å². The van der Waals surface area contributed by atoms with Gasteiger partial charge >= 0.3 is 5.97 Å². The molecule has 0 amide bonds. The van der Waals surface area contributed by atoms with E-state index in [0.717, 1.165) is 27.5 Å². The molecule has 0 unspecified atom stereocenters. The summed E-state index contributed by atoms with van der Waals surface area (Å²) in [6.07, 6.45) is -1.31. The molecule has 36 heavy (non-hydrogen) atoms. The van der Waals surface area contributed by atoms with Crippen LogP contribution in [0.4, 0.5) is 0 Å². The van der Waals surface area contributed by atoms with E-state index in [1.54, 1.807) is 36.4 Å². The molecular formula is C31H24O5. The molecule has 0 spiro atoms. The van der Waals surface area contributed by atoms with Crippen molar-refractivity contribution in [3.8, 4) is 0 Å². The number of benzene rings is 4. The third-order valence-electron chi connectivity index (χ3n) is 6.58. The first-order valence-electron chi connectivity index (χ1n) is 11.7. The molecule has 0 aliphatic carbocycles. The normalized spacial score (nSPS) is 15.3. The number of aliphatic hydroxyl groups is 1. The highest BCUT2D eigenvalue weighted by molar-refractivity contribution is 6.45. The first kappa shape index (κ1) is 23.2. The Morgan fingerprint density at radius 2 is 1.58 bits per heavy atom. The molecule has 1 aliphatic heterocycles. The number of carbonyl (C=O) groups is 3. The first-order chi connectivity index (χ1) is 17.3. The summed E-state index contributed by atoms with van der Waals surface area (Å²) in [6, 6.07) is 25.2. The van der Waals surface area contributed by atoms with Crippen molar-refractivity contribution in [2.45, 2.75) is 26.4 Å². The fourth-order valence-electron chi connectivity index (χ4n) is 4.65. The van der Waals surface area contributed by atoms with Crippen molar-refractivity contribution in [1.82, 2.24) is 0 Å². The maximum atomic E-state index is 13.6. The number of fused-ring (bicyclic) bond motifs is 2. The van der Waals surface area contributed by atoms with Crippen molar-refractivity contribution in [1.29, 1.82) is 0 Å². The first-order valence-corrected chi connectivity index (χ1v) is 11.7. The smallest absolute Gasteiger partial charge is 0.339 e. The highest BCUT2D eigenvalue weighted by Crippen LogP contribution is 2.39. The summed E-state index contributed by atoms with van der Waals surface area (Å²) in [4.78, 5) is 39.5. The van der Waals surface area contributed by atoms with E-state index in [4.69, 9.17) is 4.74 Å². The summed E-state index contributed by atoms with van der Waals surface area (Å²) >= 11 is 0. The average molecular weight is 477 g/mol. The molecule has 1 aliphatic rings. The van der Waals surface area contributed by atoms with Crippen LogP contribution in [0.2, 0.25) is 0 Å². The molecule has 0 bridgehead atoms. The van der Waals surface area contributed by atoms with Crippen LogP contribution in [0, 0.1) is 13.8 Å². The second-order valence-electron chi connectivity index (χ2n) is 9.06. The Labute approximate surface area is 208 Å². The molecule has 0 radical (unpaired) electrons. The molecule has 5 nitrogen and oxygen atoms in total. The van der Waals surface area contributed by atoms with E-state index >= 15 is 0 Å². The third-order valence-corrected chi connectivity index (χ3v) is 6.58. The predicted molar refractivity (Wildman–Crippen MR) is 138 cm³/mol. The monoisotopic (exact) mass is 476 g/mol. The van der Waals surface area contributed by atoms with E-state index in [9.17, 15) is 19.5 Å². The second-order valence-corrected chi connectivity index (χ2v) is 9.06. The Morgan fingerprint density at radius 3 is 2.36 bits per heavy atom. The summed E-state index contributed by atoms with van der Waals surface area (Å²) < 4.78 is 5.56. The fraction of sp³-hybridized carbons (Fsp3) is 0.129. The Balaban J connectivity index is 1.61. The Hall–Kier alpha value is -4.51. The van der Waals surface area contributed by atoms with Gasteiger partial charge in [0.1, 0.15) is 5.76 Å². The fourth-order valence-corrected chi connectivity index (χ4v) is 4.65. The minimum Gasteiger partial charge on any atom is -0.507 e. The van der Waals surface area contributed by atoms with Gasteiger partial charge in [-0.05, 0) is 47.9 Å². The van der Waals surface area contributed by atoms with Gasteiger partial charge in [0.15, 0.2) is 6.10 Å². The van der Waals surface area contributed by atoms with Gasteiger partial charge < -0.3 is 9.84 Å². The van der Waals surface area contributed by atoms with Crippen LogP contribution in [0.5, 0.6) is 0 Å². The highest BCUT2D eigenvalue weighted by Gasteiger charge is 2.40. The molecule has 1 heterocycles. The summed E-state index contributed by atoms with van der Waals surface area (Å²) in [5.41, 5.74) is 3.55. The molecule has 178 valence electrons. The van der Waals surface area contributed by atoms with Gasteiger partial charge in [-0.1, -0.05) is 78.4 Å². The standard InChI is InChI=1S/C31H24O5/c1-18-11-12-21(19(2)15-18)17-26(32)29(34)27(30-24-9-5-6-10-25(24)31(35)36-30)28(33)23-14-13-20-7-3-4-8-22(20)16-23/h3-16,30,33H,17H2,1-2H3/t30-/m0/s1. The zero-order valence-electron chi connectivity index (χ0n) is 19.9. The molecule has 0 saturated carbocycles. The number of Topliss-reactive ketones (excluding diaryl/α,β-unsaturated/α-hetero) is 2. The Morgan fingerprint density at radius 1 is 0.861 bits per heavy atom. The lowest BCUT2D eigenvalue weighted by molar-refractivity contribution is -0.134. The zero-order chi connectivity index (χ0) is 25.4. The lowest BCUT2D eigenvalue weighted by atomic mass is 9.89.